The molecule has 0 unspecified atom stereocenters. The summed E-state index contributed by atoms with van der Waals surface area (Å²) < 4.78 is 0. The van der Waals surface area contributed by atoms with Gasteiger partial charge < -0.3 is 19.6 Å². The van der Waals surface area contributed by atoms with E-state index in [9.17, 15) is 19.6 Å². The Hall–Kier alpha value is -0.860. The standard InChI is InChI=1S/C22H30O4P2/c1-14-16(3)20(27(23)24)10-8-18(14)22(12-6-5-7-13-22)19-9-11-21(28(25)26)17(4)15(19)2/h8-11,23-26H,5-7,12-13H2,1-4H3. The van der Waals surface area contributed by atoms with E-state index in [-0.39, 0.29) is 5.41 Å². The van der Waals surface area contributed by atoms with Crippen LogP contribution in [0.2, 0.25) is 0 Å². The topological polar surface area (TPSA) is 80.9 Å². The van der Waals surface area contributed by atoms with Crippen molar-refractivity contribution in [2.24, 2.45) is 0 Å². The second-order valence-electron chi connectivity index (χ2n) is 7.99. The van der Waals surface area contributed by atoms with Crippen LogP contribution in [0.25, 0.3) is 0 Å². The minimum absolute atomic E-state index is 0.125. The first kappa shape index (κ1) is 21.8. The van der Waals surface area contributed by atoms with Gasteiger partial charge in [0.15, 0.2) is 16.8 Å². The Balaban J connectivity index is 2.24. The van der Waals surface area contributed by atoms with Gasteiger partial charge in [-0.2, -0.15) is 0 Å². The quantitative estimate of drug-likeness (QED) is 0.564. The van der Waals surface area contributed by atoms with E-state index in [0.29, 0.717) is 10.6 Å². The van der Waals surface area contributed by atoms with E-state index in [2.05, 4.69) is 26.0 Å². The zero-order valence-electron chi connectivity index (χ0n) is 17.0. The van der Waals surface area contributed by atoms with Crippen LogP contribution in [0.1, 0.15) is 65.5 Å². The molecule has 0 aliphatic heterocycles. The lowest BCUT2D eigenvalue weighted by molar-refractivity contribution is 0.343. The summed E-state index contributed by atoms with van der Waals surface area (Å²) in [5.41, 5.74) is 6.56. The number of hydrogen-bond acceptors (Lipinski definition) is 4. The molecule has 28 heavy (non-hydrogen) atoms. The fraction of sp³-hybridized carbons (Fsp3) is 0.455. The molecule has 3 rings (SSSR count). The Morgan fingerprint density at radius 2 is 1.00 bits per heavy atom. The first-order chi connectivity index (χ1) is 13.2. The Morgan fingerprint density at radius 3 is 1.36 bits per heavy atom. The molecule has 1 saturated carbocycles. The van der Waals surface area contributed by atoms with Gasteiger partial charge >= 0.3 is 0 Å². The fourth-order valence-corrected chi connectivity index (χ4v) is 6.27. The van der Waals surface area contributed by atoms with Gasteiger partial charge in [0.1, 0.15) is 0 Å². The van der Waals surface area contributed by atoms with Crippen LogP contribution >= 0.6 is 16.8 Å². The summed E-state index contributed by atoms with van der Waals surface area (Å²) in [7, 11) is -4.22. The van der Waals surface area contributed by atoms with Crippen molar-refractivity contribution < 1.29 is 19.6 Å². The van der Waals surface area contributed by atoms with Gasteiger partial charge in [0, 0.05) is 16.0 Å². The van der Waals surface area contributed by atoms with E-state index < -0.39 is 16.8 Å². The number of rotatable bonds is 4. The highest BCUT2D eigenvalue weighted by atomic mass is 31.2. The maximum atomic E-state index is 9.75. The van der Waals surface area contributed by atoms with Crippen LogP contribution in [-0.4, -0.2) is 19.6 Å². The Kier molecular flexibility index (Phi) is 6.61. The molecule has 0 amide bonds. The van der Waals surface area contributed by atoms with Crippen LogP contribution in [0, 0.1) is 27.7 Å². The van der Waals surface area contributed by atoms with Crippen molar-refractivity contribution in [3.05, 3.63) is 57.6 Å². The second kappa shape index (κ2) is 8.48. The smallest absolute Gasteiger partial charge is 0.199 e. The average molecular weight is 420 g/mol. The Morgan fingerprint density at radius 1 is 0.607 bits per heavy atom. The van der Waals surface area contributed by atoms with Crippen molar-refractivity contribution in [1.29, 1.82) is 0 Å². The molecule has 6 heteroatoms. The highest BCUT2D eigenvalue weighted by Crippen LogP contribution is 2.48. The monoisotopic (exact) mass is 420 g/mol. The van der Waals surface area contributed by atoms with Gasteiger partial charge in [0.05, 0.1) is 0 Å². The third kappa shape index (κ3) is 3.67. The summed E-state index contributed by atoms with van der Waals surface area (Å²) in [6.07, 6.45) is 5.63. The van der Waals surface area contributed by atoms with Gasteiger partial charge in [-0.05, 0) is 86.1 Å². The van der Waals surface area contributed by atoms with Crippen molar-refractivity contribution >= 4 is 27.4 Å². The number of benzene rings is 2. The van der Waals surface area contributed by atoms with Crippen LogP contribution in [0.5, 0.6) is 0 Å². The maximum absolute atomic E-state index is 9.75. The SMILES string of the molecule is Cc1c(P(O)O)ccc(C2(c3ccc(P(O)O)c(C)c3C)CCCCC2)c1C. The van der Waals surface area contributed by atoms with Crippen molar-refractivity contribution in [1.82, 2.24) is 0 Å². The van der Waals surface area contributed by atoms with E-state index in [4.69, 9.17) is 0 Å². The first-order valence-corrected chi connectivity index (χ1v) is 12.3. The lowest BCUT2D eigenvalue weighted by Gasteiger charge is -2.41. The van der Waals surface area contributed by atoms with E-state index in [1.54, 1.807) is 0 Å². The molecule has 0 bridgehead atoms. The van der Waals surface area contributed by atoms with Crippen LogP contribution in [0.15, 0.2) is 24.3 Å². The molecule has 0 spiro atoms. The average Bonchev–Trinajstić information content (AvgIpc) is 2.66. The molecule has 0 saturated heterocycles. The van der Waals surface area contributed by atoms with Crippen LogP contribution in [0.3, 0.4) is 0 Å². The zero-order valence-corrected chi connectivity index (χ0v) is 18.8. The largest absolute Gasteiger partial charge is 0.347 e. The van der Waals surface area contributed by atoms with Gasteiger partial charge in [-0.1, -0.05) is 31.4 Å². The minimum Gasteiger partial charge on any atom is -0.347 e. The molecule has 0 aromatic heterocycles. The molecule has 0 radical (unpaired) electrons. The van der Waals surface area contributed by atoms with Crippen LogP contribution in [0.4, 0.5) is 0 Å². The Bertz CT molecular complexity index is 806. The molecule has 0 atom stereocenters. The lowest BCUT2D eigenvalue weighted by Crippen LogP contribution is -2.34. The van der Waals surface area contributed by atoms with Gasteiger partial charge in [-0.15, -0.1) is 0 Å². The molecule has 1 aliphatic rings. The zero-order chi connectivity index (χ0) is 20.6. The predicted molar refractivity (Wildman–Crippen MR) is 118 cm³/mol. The molecule has 0 heterocycles. The molecule has 1 aliphatic carbocycles. The van der Waals surface area contributed by atoms with Crippen LogP contribution in [-0.2, 0) is 5.41 Å². The van der Waals surface area contributed by atoms with Gasteiger partial charge in [-0.3, -0.25) is 0 Å². The normalized spacial score (nSPS) is 16.8. The third-order valence-electron chi connectivity index (χ3n) is 6.69. The molecule has 4 nitrogen and oxygen atoms in total. The van der Waals surface area contributed by atoms with Gasteiger partial charge in [0.2, 0.25) is 0 Å². The molecule has 2 aromatic carbocycles. The maximum Gasteiger partial charge on any atom is 0.199 e. The summed E-state index contributed by atoms with van der Waals surface area (Å²) in [6, 6.07) is 7.91. The van der Waals surface area contributed by atoms with Gasteiger partial charge in [-0.25, -0.2) is 0 Å². The second-order valence-corrected chi connectivity index (χ2v) is 10.1. The number of hydrogen-bond donors (Lipinski definition) is 4. The van der Waals surface area contributed by atoms with Crippen molar-refractivity contribution in [2.75, 3.05) is 0 Å². The summed E-state index contributed by atoms with van der Waals surface area (Å²) in [5.74, 6) is 0. The Labute approximate surface area is 170 Å². The van der Waals surface area contributed by atoms with Crippen molar-refractivity contribution in [3.8, 4) is 0 Å². The summed E-state index contributed by atoms with van der Waals surface area (Å²) in [4.78, 5) is 39.0. The molecular weight excluding hydrogens is 390 g/mol. The molecule has 1 fully saturated rings. The summed E-state index contributed by atoms with van der Waals surface area (Å²) in [6.45, 7) is 8.11. The van der Waals surface area contributed by atoms with Gasteiger partial charge in [0.25, 0.3) is 0 Å². The fourth-order valence-electron chi connectivity index (χ4n) is 4.92. The van der Waals surface area contributed by atoms with Crippen LogP contribution < -0.4 is 10.6 Å². The predicted octanol–water partition coefficient (Wildman–Crippen LogP) is 4.01. The molecule has 4 N–H and O–H groups in total. The molecular formula is C22H30O4P2. The molecule has 2 aromatic rings. The summed E-state index contributed by atoms with van der Waals surface area (Å²) in [5, 5.41) is 1.24. The van der Waals surface area contributed by atoms with E-state index in [1.807, 2.05) is 26.0 Å². The first-order valence-electron chi connectivity index (χ1n) is 9.78. The van der Waals surface area contributed by atoms with E-state index in [0.717, 1.165) is 47.9 Å². The lowest BCUT2D eigenvalue weighted by atomic mass is 9.63. The highest BCUT2D eigenvalue weighted by Gasteiger charge is 2.39. The van der Waals surface area contributed by atoms with Crippen molar-refractivity contribution in [3.63, 3.8) is 0 Å². The summed E-state index contributed by atoms with van der Waals surface area (Å²) >= 11 is 0. The third-order valence-corrected chi connectivity index (χ3v) is 8.52. The minimum atomic E-state index is -2.11. The van der Waals surface area contributed by atoms with E-state index >= 15 is 0 Å². The van der Waals surface area contributed by atoms with E-state index in [1.165, 1.54) is 17.5 Å². The highest BCUT2D eigenvalue weighted by molar-refractivity contribution is 7.54. The molecule has 152 valence electrons. The van der Waals surface area contributed by atoms with Crippen molar-refractivity contribution in [2.45, 2.75) is 65.2 Å².